The molecule has 6 nitrogen and oxygen atoms in total. The molecule has 0 spiro atoms. The molecule has 0 atom stereocenters. The molecular formula is C20H26N4O2. The van der Waals surface area contributed by atoms with Gasteiger partial charge >= 0.3 is 0 Å². The average Bonchev–Trinajstić information content (AvgIpc) is 2.69. The number of hydrogen-bond acceptors (Lipinski definition) is 4. The molecule has 2 amide bonds. The lowest BCUT2D eigenvalue weighted by Crippen LogP contribution is -2.36. The molecule has 0 aromatic heterocycles. The Kier molecular flexibility index (Phi) is 7.37. The lowest BCUT2D eigenvalue weighted by molar-refractivity contribution is -0.124. The van der Waals surface area contributed by atoms with Crippen molar-refractivity contribution >= 4 is 17.5 Å². The van der Waals surface area contributed by atoms with Crippen molar-refractivity contribution in [3.8, 4) is 6.07 Å². The quantitative estimate of drug-likeness (QED) is 0.539. The van der Waals surface area contributed by atoms with Crippen molar-refractivity contribution in [2.75, 3.05) is 18.4 Å². The largest absolute Gasteiger partial charge is 0.331 e. The van der Waals surface area contributed by atoms with Crippen LogP contribution in [0.25, 0.3) is 0 Å². The maximum absolute atomic E-state index is 12.5. The molecule has 1 saturated heterocycles. The van der Waals surface area contributed by atoms with Gasteiger partial charge in [-0.25, -0.2) is 0 Å². The van der Waals surface area contributed by atoms with Gasteiger partial charge in [0.2, 0.25) is 5.91 Å². The number of para-hydroxylation sites is 1. The Balaban J connectivity index is 2.09. The van der Waals surface area contributed by atoms with Gasteiger partial charge in [0.25, 0.3) is 5.91 Å². The van der Waals surface area contributed by atoms with Crippen molar-refractivity contribution in [2.45, 2.75) is 39.5 Å². The Bertz CT molecular complexity index is 706. The first-order valence-electron chi connectivity index (χ1n) is 9.14. The zero-order chi connectivity index (χ0) is 18.9. The second-order valence-electron chi connectivity index (χ2n) is 6.32. The van der Waals surface area contributed by atoms with Crippen LogP contribution < -0.4 is 16.0 Å². The summed E-state index contributed by atoms with van der Waals surface area (Å²) in [7, 11) is 0. The highest BCUT2D eigenvalue weighted by Gasteiger charge is 2.21. The predicted molar refractivity (Wildman–Crippen MR) is 101 cm³/mol. The normalized spacial score (nSPS) is 15.2. The summed E-state index contributed by atoms with van der Waals surface area (Å²) < 4.78 is 0. The lowest BCUT2D eigenvalue weighted by atomic mass is 9.97. The van der Waals surface area contributed by atoms with E-state index in [1.807, 2.05) is 38.1 Å². The van der Waals surface area contributed by atoms with Crippen LogP contribution in [0.1, 0.15) is 37.8 Å². The fourth-order valence-corrected chi connectivity index (χ4v) is 3.08. The molecule has 0 aliphatic carbocycles. The summed E-state index contributed by atoms with van der Waals surface area (Å²) in [5.41, 5.74) is 2.69. The number of carbonyl (C=O) groups is 2. The summed E-state index contributed by atoms with van der Waals surface area (Å²) in [5, 5.41) is 18.0. The molecule has 1 aliphatic rings. The maximum Gasteiger partial charge on any atom is 0.267 e. The summed E-state index contributed by atoms with van der Waals surface area (Å²) in [6.45, 7) is 5.65. The summed E-state index contributed by atoms with van der Waals surface area (Å²) in [6, 6.07) is 7.77. The van der Waals surface area contributed by atoms with Crippen molar-refractivity contribution in [1.29, 1.82) is 5.26 Å². The van der Waals surface area contributed by atoms with Crippen LogP contribution in [0.5, 0.6) is 0 Å². The van der Waals surface area contributed by atoms with Gasteiger partial charge in [-0.1, -0.05) is 32.0 Å². The second kappa shape index (κ2) is 9.73. The number of piperidine rings is 1. The molecule has 2 rings (SSSR count). The highest BCUT2D eigenvalue weighted by Crippen LogP contribution is 2.23. The van der Waals surface area contributed by atoms with E-state index in [-0.39, 0.29) is 17.4 Å². The van der Waals surface area contributed by atoms with Gasteiger partial charge in [0.05, 0.1) is 0 Å². The van der Waals surface area contributed by atoms with Gasteiger partial charge in [0.15, 0.2) is 0 Å². The molecule has 138 valence electrons. The topological polar surface area (TPSA) is 94.0 Å². The number of hydrogen-bond donors (Lipinski definition) is 3. The minimum Gasteiger partial charge on any atom is -0.331 e. The fraction of sp³-hybridized carbons (Fsp3) is 0.450. The van der Waals surface area contributed by atoms with E-state index in [4.69, 9.17) is 0 Å². The van der Waals surface area contributed by atoms with E-state index >= 15 is 0 Å². The van der Waals surface area contributed by atoms with E-state index in [1.165, 1.54) is 6.20 Å². The molecule has 0 radical (unpaired) electrons. The second-order valence-corrected chi connectivity index (χ2v) is 6.32. The molecule has 26 heavy (non-hydrogen) atoms. The molecule has 1 fully saturated rings. The van der Waals surface area contributed by atoms with E-state index in [9.17, 15) is 14.9 Å². The molecule has 1 aromatic rings. The maximum atomic E-state index is 12.5. The first-order valence-corrected chi connectivity index (χ1v) is 9.14. The van der Waals surface area contributed by atoms with Crippen molar-refractivity contribution in [1.82, 2.24) is 10.6 Å². The van der Waals surface area contributed by atoms with E-state index < -0.39 is 5.91 Å². The number of nitriles is 1. The van der Waals surface area contributed by atoms with Gasteiger partial charge in [-0.05, 0) is 49.9 Å². The molecular weight excluding hydrogens is 328 g/mol. The monoisotopic (exact) mass is 354 g/mol. The van der Waals surface area contributed by atoms with Crippen LogP contribution in [0.3, 0.4) is 0 Å². The van der Waals surface area contributed by atoms with E-state index in [2.05, 4.69) is 16.0 Å². The zero-order valence-corrected chi connectivity index (χ0v) is 15.4. The van der Waals surface area contributed by atoms with Crippen LogP contribution in [0.2, 0.25) is 0 Å². The highest BCUT2D eigenvalue weighted by molar-refractivity contribution is 6.07. The van der Waals surface area contributed by atoms with Gasteiger partial charge in [0.1, 0.15) is 11.6 Å². The number of carbonyl (C=O) groups excluding carboxylic acids is 2. The Labute approximate surface area is 154 Å². The van der Waals surface area contributed by atoms with Crippen molar-refractivity contribution < 1.29 is 9.59 Å². The van der Waals surface area contributed by atoms with Crippen LogP contribution in [0.4, 0.5) is 5.69 Å². The summed E-state index contributed by atoms with van der Waals surface area (Å²) in [4.78, 5) is 24.7. The molecule has 0 saturated carbocycles. The number of amides is 2. The number of nitrogens with one attached hydrogen (secondary N) is 3. The van der Waals surface area contributed by atoms with Crippen molar-refractivity contribution in [3.05, 3.63) is 41.1 Å². The molecule has 1 aromatic carbocycles. The lowest BCUT2D eigenvalue weighted by Gasteiger charge is -2.20. The van der Waals surface area contributed by atoms with Crippen LogP contribution in [-0.2, 0) is 22.4 Å². The van der Waals surface area contributed by atoms with Gasteiger partial charge in [0, 0.05) is 17.8 Å². The highest BCUT2D eigenvalue weighted by atomic mass is 16.2. The Morgan fingerprint density at radius 3 is 2.38 bits per heavy atom. The standard InChI is InChI=1S/C20H26N4O2/c1-3-14-6-5-7-15(4-2)18(14)24-20(26)17(12-21)13-23-19(25)16-8-10-22-11-9-16/h5-7,13,16,22H,3-4,8-11H2,1-2H3,(H,23,25)(H,24,26)/b17-13-. The smallest absolute Gasteiger partial charge is 0.267 e. The third-order valence-corrected chi connectivity index (χ3v) is 4.67. The molecule has 3 N–H and O–H groups in total. The molecule has 1 heterocycles. The molecule has 0 unspecified atom stereocenters. The number of rotatable bonds is 6. The Morgan fingerprint density at radius 1 is 1.23 bits per heavy atom. The Hall–Kier alpha value is -2.65. The first kappa shape index (κ1) is 19.7. The van der Waals surface area contributed by atoms with E-state index in [1.54, 1.807) is 0 Å². The third kappa shape index (κ3) is 4.93. The summed E-state index contributed by atoms with van der Waals surface area (Å²) in [6.07, 6.45) is 4.30. The molecule has 0 bridgehead atoms. The summed E-state index contributed by atoms with van der Waals surface area (Å²) in [5.74, 6) is -0.730. The van der Waals surface area contributed by atoms with Crippen molar-refractivity contribution in [2.24, 2.45) is 5.92 Å². The minimum atomic E-state index is -0.506. The number of aryl methyl sites for hydroxylation is 2. The average molecular weight is 354 g/mol. The van der Waals surface area contributed by atoms with Crippen LogP contribution in [0, 0.1) is 17.2 Å². The van der Waals surface area contributed by atoms with E-state index in [0.29, 0.717) is 0 Å². The summed E-state index contributed by atoms with van der Waals surface area (Å²) >= 11 is 0. The van der Waals surface area contributed by atoms with Crippen LogP contribution in [0.15, 0.2) is 30.0 Å². The van der Waals surface area contributed by atoms with Gasteiger partial charge < -0.3 is 16.0 Å². The van der Waals surface area contributed by atoms with E-state index in [0.717, 1.165) is 55.6 Å². The SMILES string of the molecule is CCc1cccc(CC)c1NC(=O)/C(C#N)=C\NC(=O)C1CCNCC1. The minimum absolute atomic E-state index is 0.0805. The Morgan fingerprint density at radius 2 is 1.85 bits per heavy atom. The number of nitrogens with zero attached hydrogens (tertiary/aromatic N) is 1. The van der Waals surface area contributed by atoms with Crippen LogP contribution >= 0.6 is 0 Å². The third-order valence-electron chi connectivity index (χ3n) is 4.67. The van der Waals surface area contributed by atoms with Crippen molar-refractivity contribution in [3.63, 3.8) is 0 Å². The predicted octanol–water partition coefficient (Wildman–Crippen LogP) is 2.27. The van der Waals surface area contributed by atoms with Gasteiger partial charge in [-0.2, -0.15) is 5.26 Å². The number of anilines is 1. The van der Waals surface area contributed by atoms with Gasteiger partial charge in [-0.15, -0.1) is 0 Å². The number of benzene rings is 1. The zero-order valence-electron chi connectivity index (χ0n) is 15.4. The fourth-order valence-electron chi connectivity index (χ4n) is 3.08. The molecule has 1 aliphatic heterocycles. The first-order chi connectivity index (χ1) is 12.6. The van der Waals surface area contributed by atoms with Crippen LogP contribution in [-0.4, -0.2) is 24.9 Å². The van der Waals surface area contributed by atoms with Gasteiger partial charge in [-0.3, -0.25) is 9.59 Å². The molecule has 6 heteroatoms.